The molecule has 0 aliphatic carbocycles. The fraction of sp³-hybridized carbons (Fsp3) is 0.600. The van der Waals surface area contributed by atoms with Gasteiger partial charge in [0.2, 0.25) is 15.9 Å². The summed E-state index contributed by atoms with van der Waals surface area (Å²) in [5, 5.41) is 2.75. The first-order valence-corrected chi connectivity index (χ1v) is 9.17. The Bertz CT molecular complexity index is 559. The van der Waals surface area contributed by atoms with Crippen molar-refractivity contribution in [3.8, 4) is 0 Å². The Labute approximate surface area is 132 Å². The average molecular weight is 327 g/mol. The molecule has 1 rings (SSSR count). The summed E-state index contributed by atoms with van der Waals surface area (Å²) in [5.74, 6) is -0.410. The number of amides is 1. The van der Waals surface area contributed by atoms with Crippen molar-refractivity contribution in [2.24, 2.45) is 5.92 Å². The summed E-state index contributed by atoms with van der Waals surface area (Å²) in [4.78, 5) is 16.2. The fourth-order valence-corrected chi connectivity index (χ4v) is 3.43. The van der Waals surface area contributed by atoms with Gasteiger partial charge in [0.25, 0.3) is 0 Å². The van der Waals surface area contributed by atoms with Crippen molar-refractivity contribution in [1.82, 2.24) is 15.0 Å². The summed E-state index contributed by atoms with van der Waals surface area (Å²) in [5.41, 5.74) is 0.868. The Morgan fingerprint density at radius 3 is 2.64 bits per heavy atom. The maximum Gasteiger partial charge on any atom is 0.238 e. The zero-order valence-corrected chi connectivity index (χ0v) is 14.2. The highest BCUT2D eigenvalue weighted by Crippen LogP contribution is 2.06. The van der Waals surface area contributed by atoms with E-state index in [0.717, 1.165) is 12.0 Å². The number of carbonyl (C=O) groups excluding carboxylic acids is 1. The minimum absolute atomic E-state index is 0.0443. The van der Waals surface area contributed by atoms with E-state index in [-0.39, 0.29) is 17.6 Å². The smallest absolute Gasteiger partial charge is 0.238 e. The normalized spacial score (nSPS) is 13.1. The molecular weight excluding hydrogens is 302 g/mol. The number of sulfonamides is 1. The molecule has 1 atom stereocenters. The van der Waals surface area contributed by atoms with E-state index >= 15 is 0 Å². The molecule has 1 aromatic rings. The van der Waals surface area contributed by atoms with Crippen LogP contribution in [0.1, 0.15) is 39.2 Å². The minimum Gasteiger partial charge on any atom is -0.351 e. The Kier molecular flexibility index (Phi) is 7.47. The van der Waals surface area contributed by atoms with Crippen molar-refractivity contribution in [3.63, 3.8) is 0 Å². The second-order valence-electron chi connectivity index (χ2n) is 5.59. The molecule has 0 saturated carbocycles. The highest BCUT2D eigenvalue weighted by molar-refractivity contribution is 7.89. The molecule has 0 radical (unpaired) electrons. The summed E-state index contributed by atoms with van der Waals surface area (Å²) in [7, 11) is -3.44. The number of aromatic nitrogens is 1. The molecule has 6 nitrogen and oxygen atoms in total. The molecule has 1 heterocycles. The topological polar surface area (TPSA) is 88.2 Å². The van der Waals surface area contributed by atoms with Gasteiger partial charge in [-0.3, -0.25) is 9.78 Å². The number of pyridine rings is 1. The van der Waals surface area contributed by atoms with Crippen LogP contribution >= 0.6 is 0 Å². The Balaban J connectivity index is 2.64. The molecule has 7 heteroatoms. The second-order valence-corrected chi connectivity index (χ2v) is 7.46. The fourth-order valence-electron chi connectivity index (χ4n) is 1.88. The molecule has 124 valence electrons. The number of nitrogens with one attached hydrogen (secondary N) is 2. The van der Waals surface area contributed by atoms with Crippen LogP contribution in [0.2, 0.25) is 0 Å². The molecule has 0 aliphatic rings. The SMILES string of the molecule is CCCCS(=O)(=O)N[C@@H](C(=O)NCc1cccnc1)C(C)C. The van der Waals surface area contributed by atoms with Crippen molar-refractivity contribution in [3.05, 3.63) is 30.1 Å². The first kappa shape index (κ1) is 18.6. The van der Waals surface area contributed by atoms with Gasteiger partial charge in [-0.1, -0.05) is 33.3 Å². The predicted molar refractivity (Wildman–Crippen MR) is 86.5 cm³/mol. The van der Waals surface area contributed by atoms with Crippen molar-refractivity contribution in [1.29, 1.82) is 0 Å². The van der Waals surface area contributed by atoms with Crippen molar-refractivity contribution >= 4 is 15.9 Å². The molecule has 0 fully saturated rings. The number of nitrogens with zero attached hydrogens (tertiary/aromatic N) is 1. The molecule has 0 aliphatic heterocycles. The van der Waals surface area contributed by atoms with Gasteiger partial charge in [-0.25, -0.2) is 13.1 Å². The molecule has 0 bridgehead atoms. The van der Waals surface area contributed by atoms with E-state index in [0.29, 0.717) is 13.0 Å². The third-order valence-electron chi connectivity index (χ3n) is 3.21. The molecule has 0 aromatic carbocycles. The number of carbonyl (C=O) groups is 1. The lowest BCUT2D eigenvalue weighted by Gasteiger charge is -2.21. The summed E-state index contributed by atoms with van der Waals surface area (Å²) in [6.07, 6.45) is 4.69. The summed E-state index contributed by atoms with van der Waals surface area (Å²) >= 11 is 0. The van der Waals surface area contributed by atoms with Gasteiger partial charge < -0.3 is 5.32 Å². The van der Waals surface area contributed by atoms with E-state index < -0.39 is 16.1 Å². The highest BCUT2D eigenvalue weighted by Gasteiger charge is 2.26. The molecule has 0 spiro atoms. The first-order chi connectivity index (χ1) is 10.4. The first-order valence-electron chi connectivity index (χ1n) is 7.52. The number of hydrogen-bond acceptors (Lipinski definition) is 4. The number of rotatable bonds is 9. The van der Waals surface area contributed by atoms with Crippen LogP contribution in [0.3, 0.4) is 0 Å². The van der Waals surface area contributed by atoms with Crippen LogP contribution in [-0.2, 0) is 21.4 Å². The molecule has 1 aromatic heterocycles. The average Bonchev–Trinajstić information content (AvgIpc) is 2.49. The van der Waals surface area contributed by atoms with E-state index in [2.05, 4.69) is 15.0 Å². The molecule has 0 unspecified atom stereocenters. The molecule has 22 heavy (non-hydrogen) atoms. The van der Waals surface area contributed by atoms with E-state index in [1.54, 1.807) is 18.5 Å². The maximum atomic E-state index is 12.3. The maximum absolute atomic E-state index is 12.3. The van der Waals surface area contributed by atoms with Crippen LogP contribution in [-0.4, -0.2) is 31.1 Å². The summed E-state index contributed by atoms with van der Waals surface area (Å²) in [6.45, 7) is 5.88. The quantitative estimate of drug-likeness (QED) is 0.718. The second kappa shape index (κ2) is 8.85. The van der Waals surface area contributed by atoms with Gasteiger partial charge in [0.05, 0.1) is 5.75 Å². The van der Waals surface area contributed by atoms with Gasteiger partial charge in [-0.15, -0.1) is 0 Å². The zero-order valence-electron chi connectivity index (χ0n) is 13.4. The minimum atomic E-state index is -3.44. The van der Waals surface area contributed by atoms with Gasteiger partial charge in [-0.05, 0) is 24.0 Å². The third-order valence-corrected chi connectivity index (χ3v) is 4.65. The van der Waals surface area contributed by atoms with Crippen molar-refractivity contribution in [2.75, 3.05) is 5.75 Å². The summed E-state index contributed by atoms with van der Waals surface area (Å²) in [6, 6.07) is 2.87. The van der Waals surface area contributed by atoms with Crippen LogP contribution in [0.25, 0.3) is 0 Å². The van der Waals surface area contributed by atoms with Crippen LogP contribution in [0.15, 0.2) is 24.5 Å². The van der Waals surface area contributed by atoms with Crippen molar-refractivity contribution in [2.45, 2.75) is 46.2 Å². The standard InChI is InChI=1S/C15H25N3O3S/c1-4-5-9-22(20,21)18-14(12(2)3)15(19)17-11-13-7-6-8-16-10-13/h6-8,10,12,14,18H,4-5,9,11H2,1-3H3,(H,17,19)/t14-/m1/s1. The summed E-state index contributed by atoms with van der Waals surface area (Å²) < 4.78 is 26.5. The van der Waals surface area contributed by atoms with E-state index in [1.165, 1.54) is 0 Å². The Hall–Kier alpha value is -1.47. The monoisotopic (exact) mass is 327 g/mol. The van der Waals surface area contributed by atoms with E-state index in [9.17, 15) is 13.2 Å². The van der Waals surface area contributed by atoms with Crippen LogP contribution in [0, 0.1) is 5.92 Å². The van der Waals surface area contributed by atoms with Crippen LogP contribution < -0.4 is 10.0 Å². The Morgan fingerprint density at radius 1 is 1.36 bits per heavy atom. The third kappa shape index (κ3) is 6.53. The lowest BCUT2D eigenvalue weighted by Crippen LogP contribution is -2.50. The van der Waals surface area contributed by atoms with Crippen molar-refractivity contribution < 1.29 is 13.2 Å². The van der Waals surface area contributed by atoms with Gasteiger partial charge in [0.1, 0.15) is 6.04 Å². The largest absolute Gasteiger partial charge is 0.351 e. The predicted octanol–water partition coefficient (Wildman–Crippen LogP) is 1.44. The number of unbranched alkanes of at least 4 members (excludes halogenated alkanes) is 1. The molecule has 2 N–H and O–H groups in total. The molecular formula is C15H25N3O3S. The van der Waals surface area contributed by atoms with Gasteiger partial charge in [0.15, 0.2) is 0 Å². The van der Waals surface area contributed by atoms with E-state index in [1.807, 2.05) is 26.8 Å². The van der Waals surface area contributed by atoms with Gasteiger partial charge >= 0.3 is 0 Å². The molecule has 1 amide bonds. The lowest BCUT2D eigenvalue weighted by atomic mass is 10.0. The van der Waals surface area contributed by atoms with Gasteiger partial charge in [-0.2, -0.15) is 0 Å². The molecule has 0 saturated heterocycles. The highest BCUT2D eigenvalue weighted by atomic mass is 32.2. The van der Waals surface area contributed by atoms with E-state index in [4.69, 9.17) is 0 Å². The van der Waals surface area contributed by atoms with Gasteiger partial charge in [0, 0.05) is 18.9 Å². The van der Waals surface area contributed by atoms with Crippen LogP contribution in [0.4, 0.5) is 0 Å². The van der Waals surface area contributed by atoms with Crippen LogP contribution in [0.5, 0.6) is 0 Å². The zero-order chi connectivity index (χ0) is 16.6. The Morgan fingerprint density at radius 2 is 2.09 bits per heavy atom. The number of hydrogen-bond donors (Lipinski definition) is 2. The lowest BCUT2D eigenvalue weighted by molar-refractivity contribution is -0.123.